The van der Waals surface area contributed by atoms with Gasteiger partial charge in [-0.05, 0) is 65.7 Å². The third kappa shape index (κ3) is 6.11. The molecule has 0 unspecified atom stereocenters. The molecule has 0 aromatic heterocycles. The molecule has 0 radical (unpaired) electrons. The predicted octanol–water partition coefficient (Wildman–Crippen LogP) is 5.14. The van der Waals surface area contributed by atoms with Gasteiger partial charge in [-0.15, -0.1) is 0 Å². The van der Waals surface area contributed by atoms with Crippen LogP contribution in [0.1, 0.15) is 23.6 Å². The number of aliphatic imine (C=N–C) groups is 1. The number of carbonyl (C=O) groups is 2. The van der Waals surface area contributed by atoms with E-state index in [-0.39, 0.29) is 40.6 Å². The van der Waals surface area contributed by atoms with E-state index in [0.29, 0.717) is 28.1 Å². The fraction of sp³-hybridized carbons (Fsp3) is 0.115. The van der Waals surface area contributed by atoms with E-state index in [9.17, 15) is 19.7 Å². The van der Waals surface area contributed by atoms with E-state index < -0.39 is 10.9 Å². The standard InChI is InChI=1S/C26H20ClN3O7/c1-15(31)28-19-7-5-18(6-8-19)25-29-22(26(32)37-25)12-17-11-21(27)24(23(13-17)35-2)36-14-16-3-9-20(10-4-16)30(33)34/h3-13H,14H2,1-2H3,(H,28,31)/b22-12-. The zero-order chi connectivity index (χ0) is 26.5. The molecule has 0 saturated heterocycles. The van der Waals surface area contributed by atoms with E-state index in [1.807, 2.05) is 0 Å². The Morgan fingerprint density at radius 1 is 1.16 bits per heavy atom. The summed E-state index contributed by atoms with van der Waals surface area (Å²) in [4.78, 5) is 38.2. The summed E-state index contributed by atoms with van der Waals surface area (Å²) >= 11 is 6.44. The lowest BCUT2D eigenvalue weighted by atomic mass is 10.1. The van der Waals surface area contributed by atoms with Crippen molar-refractivity contribution in [2.75, 3.05) is 12.4 Å². The summed E-state index contributed by atoms with van der Waals surface area (Å²) in [6.07, 6.45) is 1.51. The number of amides is 1. The predicted molar refractivity (Wildman–Crippen MR) is 137 cm³/mol. The fourth-order valence-corrected chi connectivity index (χ4v) is 3.70. The number of benzene rings is 3. The van der Waals surface area contributed by atoms with Gasteiger partial charge in [0.25, 0.3) is 5.69 Å². The first-order chi connectivity index (χ1) is 17.7. The number of nitro groups is 1. The number of nitrogens with one attached hydrogen (secondary N) is 1. The van der Waals surface area contributed by atoms with Crippen molar-refractivity contribution < 1.29 is 28.7 Å². The molecule has 11 heteroatoms. The molecule has 3 aromatic rings. The minimum absolute atomic E-state index is 0.0185. The van der Waals surface area contributed by atoms with Crippen LogP contribution in [0.3, 0.4) is 0 Å². The van der Waals surface area contributed by atoms with Gasteiger partial charge in [-0.3, -0.25) is 14.9 Å². The van der Waals surface area contributed by atoms with E-state index in [1.54, 1.807) is 48.5 Å². The highest BCUT2D eigenvalue weighted by molar-refractivity contribution is 6.32. The third-order valence-electron chi connectivity index (χ3n) is 5.16. The lowest BCUT2D eigenvalue weighted by Crippen LogP contribution is -2.07. The average molecular weight is 522 g/mol. The minimum Gasteiger partial charge on any atom is -0.493 e. The Hall–Kier alpha value is -4.70. The monoisotopic (exact) mass is 521 g/mol. The van der Waals surface area contributed by atoms with Crippen molar-refractivity contribution in [1.82, 2.24) is 0 Å². The van der Waals surface area contributed by atoms with Crippen LogP contribution in [0.4, 0.5) is 11.4 Å². The quantitative estimate of drug-likeness (QED) is 0.188. The van der Waals surface area contributed by atoms with Crippen LogP contribution in [-0.2, 0) is 20.9 Å². The number of carbonyl (C=O) groups excluding carboxylic acids is 2. The maximum absolute atomic E-state index is 12.4. The number of cyclic esters (lactones) is 1. The second kappa shape index (κ2) is 10.9. The van der Waals surface area contributed by atoms with Crippen molar-refractivity contribution in [2.45, 2.75) is 13.5 Å². The Labute approximate surface area is 216 Å². The number of anilines is 1. The number of methoxy groups -OCH3 is 1. The van der Waals surface area contributed by atoms with Crippen molar-refractivity contribution in [3.8, 4) is 11.5 Å². The summed E-state index contributed by atoms with van der Waals surface area (Å²) in [6.45, 7) is 1.52. The molecule has 0 aliphatic carbocycles. The van der Waals surface area contributed by atoms with Gasteiger partial charge in [-0.1, -0.05) is 11.6 Å². The molecule has 0 fully saturated rings. The molecule has 1 aliphatic heterocycles. The van der Waals surface area contributed by atoms with Crippen LogP contribution < -0.4 is 14.8 Å². The van der Waals surface area contributed by atoms with Gasteiger partial charge in [-0.2, -0.15) is 0 Å². The second-order valence-electron chi connectivity index (χ2n) is 7.84. The van der Waals surface area contributed by atoms with Crippen LogP contribution in [0.2, 0.25) is 5.02 Å². The number of non-ortho nitro benzene ring substituents is 1. The first-order valence-electron chi connectivity index (χ1n) is 10.9. The molecule has 0 saturated carbocycles. The number of hydrogen-bond donors (Lipinski definition) is 1. The van der Waals surface area contributed by atoms with E-state index in [0.717, 1.165) is 0 Å². The van der Waals surface area contributed by atoms with E-state index in [2.05, 4.69) is 10.3 Å². The van der Waals surface area contributed by atoms with Crippen molar-refractivity contribution in [3.05, 3.63) is 98.2 Å². The topological polar surface area (TPSA) is 129 Å². The van der Waals surface area contributed by atoms with Crippen LogP contribution in [0, 0.1) is 10.1 Å². The number of ether oxygens (including phenoxy) is 3. The Bertz CT molecular complexity index is 1430. The van der Waals surface area contributed by atoms with Gasteiger partial charge in [0, 0.05) is 30.3 Å². The van der Waals surface area contributed by atoms with E-state index in [4.69, 9.17) is 25.8 Å². The molecule has 1 N–H and O–H groups in total. The van der Waals surface area contributed by atoms with Crippen molar-refractivity contribution >= 4 is 46.8 Å². The molecule has 4 rings (SSSR count). The minimum atomic E-state index is -0.630. The van der Waals surface area contributed by atoms with Gasteiger partial charge in [0.2, 0.25) is 11.8 Å². The number of nitro benzene ring substituents is 1. The SMILES string of the molecule is COc1cc(/C=C2\N=C(c3ccc(NC(C)=O)cc3)OC2=O)cc(Cl)c1OCc1ccc([N+](=O)[O-])cc1. The number of rotatable bonds is 8. The maximum atomic E-state index is 12.4. The molecule has 1 amide bonds. The molecule has 0 spiro atoms. The smallest absolute Gasteiger partial charge is 0.363 e. The van der Waals surface area contributed by atoms with Gasteiger partial charge >= 0.3 is 5.97 Å². The van der Waals surface area contributed by atoms with Crippen LogP contribution >= 0.6 is 11.6 Å². The third-order valence-corrected chi connectivity index (χ3v) is 5.44. The Morgan fingerprint density at radius 2 is 1.86 bits per heavy atom. The number of nitrogens with zero attached hydrogens (tertiary/aromatic N) is 2. The molecule has 0 bridgehead atoms. The number of hydrogen-bond acceptors (Lipinski definition) is 8. The Kier molecular flexibility index (Phi) is 7.49. The highest BCUT2D eigenvalue weighted by Crippen LogP contribution is 2.38. The van der Waals surface area contributed by atoms with Crippen molar-refractivity contribution in [2.24, 2.45) is 4.99 Å². The lowest BCUT2D eigenvalue weighted by Gasteiger charge is -2.13. The van der Waals surface area contributed by atoms with E-state index >= 15 is 0 Å². The molecule has 1 heterocycles. The van der Waals surface area contributed by atoms with Gasteiger partial charge in [-0.25, -0.2) is 9.79 Å². The molecular weight excluding hydrogens is 502 g/mol. The first kappa shape index (κ1) is 25.4. The number of halogens is 1. The zero-order valence-electron chi connectivity index (χ0n) is 19.7. The Balaban J connectivity index is 1.52. The molecule has 3 aromatic carbocycles. The Morgan fingerprint density at radius 3 is 2.49 bits per heavy atom. The molecule has 188 valence electrons. The zero-order valence-corrected chi connectivity index (χ0v) is 20.4. The van der Waals surface area contributed by atoms with Gasteiger partial charge in [0.1, 0.15) is 6.61 Å². The highest BCUT2D eigenvalue weighted by atomic mass is 35.5. The lowest BCUT2D eigenvalue weighted by molar-refractivity contribution is -0.384. The van der Waals surface area contributed by atoms with Crippen LogP contribution in [-0.4, -0.2) is 29.8 Å². The largest absolute Gasteiger partial charge is 0.493 e. The summed E-state index contributed by atoms with van der Waals surface area (Å²) in [5.74, 6) is -0.0896. The molecule has 10 nitrogen and oxygen atoms in total. The average Bonchev–Trinajstić information content (AvgIpc) is 3.23. The first-order valence-corrected chi connectivity index (χ1v) is 11.3. The van der Waals surface area contributed by atoms with Gasteiger partial charge < -0.3 is 19.5 Å². The van der Waals surface area contributed by atoms with Crippen LogP contribution in [0.15, 0.2) is 71.4 Å². The number of esters is 1. The fourth-order valence-electron chi connectivity index (χ4n) is 3.42. The van der Waals surface area contributed by atoms with Crippen molar-refractivity contribution in [3.63, 3.8) is 0 Å². The summed E-state index contributed by atoms with van der Waals surface area (Å²) in [5.41, 5.74) is 2.46. The molecular formula is C26H20ClN3O7. The normalized spacial score (nSPS) is 13.6. The second-order valence-corrected chi connectivity index (χ2v) is 8.25. The molecule has 37 heavy (non-hydrogen) atoms. The van der Waals surface area contributed by atoms with E-state index in [1.165, 1.54) is 32.2 Å². The van der Waals surface area contributed by atoms with Gasteiger partial charge in [0.05, 0.1) is 17.1 Å². The molecule has 0 atom stereocenters. The summed E-state index contributed by atoms with van der Waals surface area (Å²) in [5, 5.41) is 13.7. The highest BCUT2D eigenvalue weighted by Gasteiger charge is 2.24. The van der Waals surface area contributed by atoms with Gasteiger partial charge in [0.15, 0.2) is 17.2 Å². The van der Waals surface area contributed by atoms with Crippen molar-refractivity contribution in [1.29, 1.82) is 0 Å². The van der Waals surface area contributed by atoms with Crippen LogP contribution in [0.25, 0.3) is 6.08 Å². The summed E-state index contributed by atoms with van der Waals surface area (Å²) < 4.78 is 16.5. The summed E-state index contributed by atoms with van der Waals surface area (Å²) in [6, 6.07) is 15.9. The van der Waals surface area contributed by atoms with Crippen LogP contribution in [0.5, 0.6) is 11.5 Å². The summed E-state index contributed by atoms with van der Waals surface area (Å²) in [7, 11) is 1.45. The molecule has 1 aliphatic rings. The maximum Gasteiger partial charge on any atom is 0.363 e.